The third-order valence-electron chi connectivity index (χ3n) is 3.08. The molecule has 0 saturated heterocycles. The quantitative estimate of drug-likeness (QED) is 0.891. The van der Waals surface area contributed by atoms with E-state index in [0.29, 0.717) is 0 Å². The fraction of sp³-hybridized carbons (Fsp3) is 0.214. The number of sulfone groups is 1. The van der Waals surface area contributed by atoms with E-state index < -0.39 is 25.9 Å². The molecule has 0 aliphatic rings. The fourth-order valence-corrected chi connectivity index (χ4v) is 3.73. The van der Waals surface area contributed by atoms with E-state index in [1.165, 1.54) is 24.3 Å². The maximum absolute atomic E-state index is 12.3. The van der Waals surface area contributed by atoms with Crippen molar-refractivity contribution in [3.05, 3.63) is 54.4 Å². The summed E-state index contributed by atoms with van der Waals surface area (Å²) < 4.78 is 49.9. The van der Waals surface area contributed by atoms with Crippen LogP contribution in [-0.4, -0.2) is 28.1 Å². The molecule has 6 nitrogen and oxygen atoms in total. The molecule has 0 saturated carbocycles. The van der Waals surface area contributed by atoms with E-state index in [4.69, 9.17) is 0 Å². The predicted molar refractivity (Wildman–Crippen MR) is 82.5 cm³/mol. The summed E-state index contributed by atoms with van der Waals surface area (Å²) in [6.45, 7) is 1.71. The molecule has 1 heterocycles. The molecule has 2 aromatic rings. The van der Waals surface area contributed by atoms with Crippen molar-refractivity contribution < 1.29 is 16.8 Å². The van der Waals surface area contributed by atoms with Crippen LogP contribution in [0.5, 0.6) is 0 Å². The monoisotopic (exact) mass is 340 g/mol. The first-order valence-electron chi connectivity index (χ1n) is 6.42. The van der Waals surface area contributed by atoms with E-state index >= 15 is 0 Å². The first kappa shape index (κ1) is 16.6. The fourth-order valence-electron chi connectivity index (χ4n) is 1.87. The Hall–Kier alpha value is -1.77. The zero-order valence-electron chi connectivity index (χ0n) is 12.1. The summed E-state index contributed by atoms with van der Waals surface area (Å²) in [6, 6.07) is 8.14. The number of aromatic nitrogens is 1. The molecule has 0 unspecified atom stereocenters. The lowest BCUT2D eigenvalue weighted by Crippen LogP contribution is -2.27. The molecular weight excluding hydrogens is 324 g/mol. The van der Waals surface area contributed by atoms with Gasteiger partial charge in [0.25, 0.3) is 0 Å². The molecule has 22 heavy (non-hydrogen) atoms. The minimum absolute atomic E-state index is 0.00985. The number of rotatable bonds is 5. The highest BCUT2D eigenvalue weighted by molar-refractivity contribution is 7.90. The number of nitrogens with zero attached hydrogens (tertiary/aromatic N) is 1. The normalized spacial score (nSPS) is 13.7. The third kappa shape index (κ3) is 3.90. The van der Waals surface area contributed by atoms with Crippen molar-refractivity contribution in [2.24, 2.45) is 0 Å². The van der Waals surface area contributed by atoms with Crippen LogP contribution in [0, 0.1) is 0 Å². The van der Waals surface area contributed by atoms with Gasteiger partial charge in [0.2, 0.25) is 10.0 Å². The van der Waals surface area contributed by atoms with Crippen LogP contribution in [-0.2, 0) is 19.9 Å². The summed E-state index contributed by atoms with van der Waals surface area (Å²) in [6.07, 6.45) is 4.26. The van der Waals surface area contributed by atoms with Gasteiger partial charge in [0.1, 0.15) is 0 Å². The van der Waals surface area contributed by atoms with Gasteiger partial charge in [-0.2, -0.15) is 0 Å². The summed E-state index contributed by atoms with van der Waals surface area (Å²) in [5, 5.41) is 0. The molecule has 0 aliphatic carbocycles. The molecule has 1 aromatic carbocycles. The van der Waals surface area contributed by atoms with Crippen LogP contribution >= 0.6 is 0 Å². The zero-order valence-corrected chi connectivity index (χ0v) is 13.7. The molecule has 1 N–H and O–H groups in total. The van der Waals surface area contributed by atoms with Crippen LogP contribution in [0.15, 0.2) is 58.6 Å². The van der Waals surface area contributed by atoms with E-state index in [9.17, 15) is 16.8 Å². The minimum atomic E-state index is -3.74. The van der Waals surface area contributed by atoms with Crippen molar-refractivity contribution in [2.75, 3.05) is 6.26 Å². The van der Waals surface area contributed by atoms with Gasteiger partial charge >= 0.3 is 0 Å². The summed E-state index contributed by atoms with van der Waals surface area (Å²) in [7, 11) is -7.10. The van der Waals surface area contributed by atoms with Crippen LogP contribution in [0.2, 0.25) is 0 Å². The second-order valence-electron chi connectivity index (χ2n) is 4.87. The van der Waals surface area contributed by atoms with Crippen LogP contribution < -0.4 is 4.72 Å². The molecule has 0 fully saturated rings. The van der Waals surface area contributed by atoms with Gasteiger partial charge in [0.05, 0.1) is 9.79 Å². The predicted octanol–water partition coefficient (Wildman–Crippen LogP) is 1.52. The molecule has 0 aliphatic heterocycles. The molecule has 118 valence electrons. The summed E-state index contributed by atoms with van der Waals surface area (Å²) in [5.41, 5.74) is 0.735. The molecular formula is C14H16N2O4S2. The van der Waals surface area contributed by atoms with Gasteiger partial charge in [0.15, 0.2) is 9.84 Å². The van der Waals surface area contributed by atoms with Crippen LogP contribution in [0.25, 0.3) is 0 Å². The SMILES string of the molecule is C[C@@H](NS(=O)(=O)c1ccc(S(C)(=O)=O)cc1)c1cccnc1. The summed E-state index contributed by atoms with van der Waals surface area (Å²) in [4.78, 5) is 4.03. The van der Waals surface area contributed by atoms with Gasteiger partial charge in [-0.25, -0.2) is 21.6 Å². The number of pyridine rings is 1. The van der Waals surface area contributed by atoms with Gasteiger partial charge < -0.3 is 0 Å². The Kier molecular flexibility index (Phi) is 4.64. The van der Waals surface area contributed by atoms with E-state index in [-0.39, 0.29) is 9.79 Å². The summed E-state index contributed by atoms with van der Waals surface area (Å²) in [5.74, 6) is 0. The first-order chi connectivity index (χ1) is 10.2. The number of hydrogen-bond donors (Lipinski definition) is 1. The lowest BCUT2D eigenvalue weighted by Gasteiger charge is -2.14. The Balaban J connectivity index is 2.24. The molecule has 2 rings (SSSR count). The smallest absolute Gasteiger partial charge is 0.241 e. The molecule has 1 atom stereocenters. The molecule has 0 spiro atoms. The highest BCUT2D eigenvalue weighted by Crippen LogP contribution is 2.18. The average Bonchev–Trinajstić information content (AvgIpc) is 2.47. The zero-order chi connectivity index (χ0) is 16.4. The highest BCUT2D eigenvalue weighted by Gasteiger charge is 2.19. The van der Waals surface area contributed by atoms with Crippen molar-refractivity contribution in [1.29, 1.82) is 0 Å². The lowest BCUT2D eigenvalue weighted by atomic mass is 10.2. The maximum atomic E-state index is 12.3. The Morgan fingerprint density at radius 1 is 1.00 bits per heavy atom. The van der Waals surface area contributed by atoms with Crippen molar-refractivity contribution in [2.45, 2.75) is 22.8 Å². The largest absolute Gasteiger partial charge is 0.264 e. The van der Waals surface area contributed by atoms with E-state index in [1.54, 1.807) is 31.5 Å². The molecule has 1 aromatic heterocycles. The molecule has 0 amide bonds. The number of benzene rings is 1. The summed E-state index contributed by atoms with van der Waals surface area (Å²) >= 11 is 0. The standard InChI is InChI=1S/C14H16N2O4S2/c1-11(12-4-3-9-15-10-12)16-22(19,20)14-7-5-13(6-8-14)21(2,17)18/h3-11,16H,1-2H3/t11-/m1/s1. The molecule has 0 bridgehead atoms. The average molecular weight is 340 g/mol. The first-order valence-corrected chi connectivity index (χ1v) is 9.80. The van der Waals surface area contributed by atoms with Gasteiger partial charge in [-0.05, 0) is 42.8 Å². The molecule has 0 radical (unpaired) electrons. The Bertz CT molecular complexity index is 845. The maximum Gasteiger partial charge on any atom is 0.241 e. The van der Waals surface area contributed by atoms with Crippen LogP contribution in [0.4, 0.5) is 0 Å². The van der Waals surface area contributed by atoms with Crippen molar-refractivity contribution >= 4 is 19.9 Å². The topological polar surface area (TPSA) is 93.2 Å². The Morgan fingerprint density at radius 3 is 2.09 bits per heavy atom. The third-order valence-corrected chi connectivity index (χ3v) is 5.76. The second kappa shape index (κ2) is 6.15. The number of nitrogens with one attached hydrogen (secondary N) is 1. The van der Waals surface area contributed by atoms with Crippen molar-refractivity contribution in [3.63, 3.8) is 0 Å². The highest BCUT2D eigenvalue weighted by atomic mass is 32.2. The molecule has 8 heteroatoms. The second-order valence-corrected chi connectivity index (χ2v) is 8.60. The van der Waals surface area contributed by atoms with Crippen molar-refractivity contribution in [3.8, 4) is 0 Å². The Morgan fingerprint density at radius 2 is 1.59 bits per heavy atom. The van der Waals surface area contributed by atoms with Gasteiger partial charge in [0, 0.05) is 24.7 Å². The van der Waals surface area contributed by atoms with Crippen molar-refractivity contribution in [1.82, 2.24) is 9.71 Å². The van der Waals surface area contributed by atoms with Gasteiger partial charge in [-0.3, -0.25) is 4.98 Å². The van der Waals surface area contributed by atoms with Gasteiger partial charge in [-0.1, -0.05) is 6.07 Å². The lowest BCUT2D eigenvalue weighted by molar-refractivity contribution is 0.566. The van der Waals surface area contributed by atoms with E-state index in [1.807, 2.05) is 0 Å². The van der Waals surface area contributed by atoms with E-state index in [2.05, 4.69) is 9.71 Å². The van der Waals surface area contributed by atoms with Crippen LogP contribution in [0.1, 0.15) is 18.5 Å². The number of sulfonamides is 1. The minimum Gasteiger partial charge on any atom is -0.264 e. The van der Waals surface area contributed by atoms with Gasteiger partial charge in [-0.15, -0.1) is 0 Å². The van der Waals surface area contributed by atoms with Crippen LogP contribution in [0.3, 0.4) is 0 Å². The van der Waals surface area contributed by atoms with E-state index in [0.717, 1.165) is 11.8 Å². The number of hydrogen-bond acceptors (Lipinski definition) is 5. The Labute approximate surface area is 130 Å².